The molecule has 0 aromatic carbocycles. The molecule has 0 unspecified atom stereocenters. The molecule has 5 heteroatoms. The van der Waals surface area contributed by atoms with Gasteiger partial charge in [0.2, 0.25) is 0 Å². The lowest BCUT2D eigenvalue weighted by Gasteiger charge is -2.73. The number of aliphatic hydroxyl groups is 1. The van der Waals surface area contributed by atoms with Crippen molar-refractivity contribution in [2.75, 3.05) is 13.7 Å². The van der Waals surface area contributed by atoms with Crippen LogP contribution in [-0.2, 0) is 19.1 Å². The molecule has 0 aliphatic heterocycles. The zero-order valence-electron chi connectivity index (χ0n) is 25.0. The molecule has 0 spiro atoms. The fourth-order valence-corrected chi connectivity index (χ4v) is 12.2. The van der Waals surface area contributed by atoms with Crippen molar-refractivity contribution in [2.45, 2.75) is 112 Å². The summed E-state index contributed by atoms with van der Waals surface area (Å²) in [5.74, 6) is 1.59. The highest BCUT2D eigenvalue weighted by Crippen LogP contribution is 2.77. The summed E-state index contributed by atoms with van der Waals surface area (Å²) in [4.78, 5) is 25.4. The average Bonchev–Trinajstić information content (AvgIpc) is 3.26. The minimum absolute atomic E-state index is 0.00472. The van der Waals surface area contributed by atoms with Crippen LogP contribution in [-0.4, -0.2) is 36.9 Å². The van der Waals surface area contributed by atoms with Crippen LogP contribution >= 0.6 is 0 Å². The van der Waals surface area contributed by atoms with Gasteiger partial charge in [0.15, 0.2) is 0 Å². The Morgan fingerprint density at radius 1 is 0.895 bits per heavy atom. The Labute approximate surface area is 230 Å². The van der Waals surface area contributed by atoms with Gasteiger partial charge in [-0.05, 0) is 112 Å². The Morgan fingerprint density at radius 3 is 2.21 bits per heavy atom. The second kappa shape index (κ2) is 9.08. The molecule has 5 rings (SSSR count). The van der Waals surface area contributed by atoms with Crippen molar-refractivity contribution >= 4 is 11.9 Å². The number of methoxy groups -OCH3 is 1. The van der Waals surface area contributed by atoms with Crippen molar-refractivity contribution in [3.63, 3.8) is 0 Å². The van der Waals surface area contributed by atoms with E-state index < -0.39 is 5.41 Å². The molecule has 1 N–H and O–H groups in total. The normalized spacial score (nSPS) is 49.1. The van der Waals surface area contributed by atoms with Crippen LogP contribution in [0.3, 0.4) is 0 Å². The molecule has 0 bridgehead atoms. The summed E-state index contributed by atoms with van der Waals surface area (Å²) in [5, 5.41) is 11.4. The van der Waals surface area contributed by atoms with E-state index in [1.165, 1.54) is 12.5 Å². The molecule has 10 atom stereocenters. The number of hydrogen-bond acceptors (Lipinski definition) is 5. The zero-order valence-corrected chi connectivity index (χ0v) is 25.0. The van der Waals surface area contributed by atoms with E-state index in [1.54, 1.807) is 7.11 Å². The second-order valence-electron chi connectivity index (χ2n) is 15.2. The van der Waals surface area contributed by atoms with Crippen molar-refractivity contribution in [1.82, 2.24) is 0 Å². The van der Waals surface area contributed by atoms with Gasteiger partial charge in [-0.25, -0.2) is 0 Å². The van der Waals surface area contributed by atoms with Crippen molar-refractivity contribution < 1.29 is 24.2 Å². The van der Waals surface area contributed by atoms with Gasteiger partial charge in [0.25, 0.3) is 0 Å². The molecule has 38 heavy (non-hydrogen) atoms. The first-order chi connectivity index (χ1) is 17.7. The molecular weight excluding hydrogens is 476 g/mol. The third-order valence-electron chi connectivity index (χ3n) is 13.8. The minimum atomic E-state index is -0.434. The predicted molar refractivity (Wildman–Crippen MR) is 148 cm³/mol. The summed E-state index contributed by atoms with van der Waals surface area (Å²) in [7, 11) is 1.55. The summed E-state index contributed by atoms with van der Waals surface area (Å²) in [5.41, 5.74) is 0.623. The molecule has 0 aromatic heterocycles. The molecule has 214 valence electrons. The molecular formula is C33H52O5. The van der Waals surface area contributed by atoms with Crippen LogP contribution in [0.15, 0.2) is 12.2 Å². The van der Waals surface area contributed by atoms with Crippen molar-refractivity contribution in [1.29, 1.82) is 0 Å². The second-order valence-corrected chi connectivity index (χ2v) is 15.2. The summed E-state index contributed by atoms with van der Waals surface area (Å²) in [6.07, 6.45) is 9.91. The highest BCUT2D eigenvalue weighted by atomic mass is 16.5. The maximum atomic E-state index is 13.4. The summed E-state index contributed by atoms with van der Waals surface area (Å²) in [6.45, 7) is 17.9. The minimum Gasteiger partial charge on any atom is -0.469 e. The molecule has 0 heterocycles. The topological polar surface area (TPSA) is 72.8 Å². The standard InChI is InChI=1S/C33H52O5/c1-20(2)22-11-16-32(28(36)37-8)17-18-33(19-34)23(27(22)32)9-10-25-30(6)14-13-26(38-21(3)35)29(4,5)24(30)12-15-31(25,33)7/h22-27,34H,1,9-19H2,2-8H3/t22-,23+,24-,25+,26+,27+,30-,31+,32-,33-/m0/s1. The quantitative estimate of drug-likeness (QED) is 0.324. The first-order valence-electron chi connectivity index (χ1n) is 15.3. The molecule has 5 aliphatic carbocycles. The lowest BCUT2D eigenvalue weighted by atomic mass is 9.32. The van der Waals surface area contributed by atoms with E-state index in [4.69, 9.17) is 9.47 Å². The maximum Gasteiger partial charge on any atom is 0.312 e. The monoisotopic (exact) mass is 528 g/mol. The van der Waals surface area contributed by atoms with Gasteiger partial charge in [-0.3, -0.25) is 9.59 Å². The van der Waals surface area contributed by atoms with Crippen molar-refractivity contribution in [3.8, 4) is 0 Å². The number of fused-ring (bicyclic) bond motifs is 7. The van der Waals surface area contributed by atoms with E-state index in [2.05, 4.69) is 41.2 Å². The summed E-state index contributed by atoms with van der Waals surface area (Å²) in [6, 6.07) is 0. The van der Waals surface area contributed by atoms with Gasteiger partial charge in [-0.1, -0.05) is 39.8 Å². The fraction of sp³-hybridized carbons (Fsp3) is 0.879. The Morgan fingerprint density at radius 2 is 1.61 bits per heavy atom. The average molecular weight is 529 g/mol. The number of rotatable bonds is 4. The molecule has 5 aliphatic rings. The van der Waals surface area contributed by atoms with Crippen LogP contribution in [0.2, 0.25) is 0 Å². The smallest absolute Gasteiger partial charge is 0.312 e. The van der Waals surface area contributed by atoms with Gasteiger partial charge >= 0.3 is 11.9 Å². The first-order valence-corrected chi connectivity index (χ1v) is 15.3. The first kappa shape index (κ1) is 28.2. The highest BCUT2D eigenvalue weighted by Gasteiger charge is 2.73. The third-order valence-corrected chi connectivity index (χ3v) is 13.8. The molecule has 5 nitrogen and oxygen atoms in total. The van der Waals surface area contributed by atoms with Crippen LogP contribution in [0, 0.1) is 56.7 Å². The van der Waals surface area contributed by atoms with Gasteiger partial charge in [-0.15, -0.1) is 0 Å². The SMILES string of the molecule is C=C(C)[C@@H]1CC[C@]2(C(=O)OC)CC[C@]3(CO)[C@H](CC[C@@H]4[C@@]5(C)CC[C@@H](OC(C)=O)C(C)(C)[C@@H]5CC[C@]43C)[C@@H]12. The number of hydrogen-bond donors (Lipinski definition) is 1. The number of carbonyl (C=O) groups is 2. The predicted octanol–water partition coefficient (Wildman–Crippen LogP) is 6.72. The van der Waals surface area contributed by atoms with E-state index in [1.807, 2.05) is 0 Å². The highest BCUT2D eigenvalue weighted by molar-refractivity contribution is 5.78. The fourth-order valence-electron chi connectivity index (χ4n) is 12.2. The maximum absolute atomic E-state index is 13.4. The number of ether oxygens (including phenoxy) is 2. The van der Waals surface area contributed by atoms with E-state index >= 15 is 0 Å². The van der Waals surface area contributed by atoms with Crippen molar-refractivity contribution in [3.05, 3.63) is 12.2 Å². The molecule has 0 saturated heterocycles. The molecule has 0 aromatic rings. The van der Waals surface area contributed by atoms with Crippen LogP contribution < -0.4 is 0 Å². The van der Waals surface area contributed by atoms with Gasteiger partial charge in [0, 0.05) is 24.4 Å². The van der Waals surface area contributed by atoms with E-state index in [0.29, 0.717) is 23.7 Å². The number of allylic oxidation sites excluding steroid dienone is 1. The van der Waals surface area contributed by atoms with Gasteiger partial charge < -0.3 is 14.6 Å². The molecule has 0 radical (unpaired) electrons. The van der Waals surface area contributed by atoms with E-state index in [-0.39, 0.29) is 52.2 Å². The van der Waals surface area contributed by atoms with E-state index in [9.17, 15) is 14.7 Å². The summed E-state index contributed by atoms with van der Waals surface area (Å²) < 4.78 is 11.4. The number of esters is 2. The van der Waals surface area contributed by atoms with Gasteiger partial charge in [0.1, 0.15) is 6.10 Å². The Kier molecular flexibility index (Phi) is 6.73. The molecule has 0 amide bonds. The summed E-state index contributed by atoms with van der Waals surface area (Å²) >= 11 is 0. The number of aliphatic hydroxyl groups excluding tert-OH is 1. The van der Waals surface area contributed by atoms with Crippen molar-refractivity contribution in [2.24, 2.45) is 56.7 Å². The van der Waals surface area contributed by atoms with Crippen LogP contribution in [0.4, 0.5) is 0 Å². The zero-order chi connectivity index (χ0) is 27.9. The van der Waals surface area contributed by atoms with Gasteiger partial charge in [-0.2, -0.15) is 0 Å². The van der Waals surface area contributed by atoms with Gasteiger partial charge in [0.05, 0.1) is 12.5 Å². The Hall–Kier alpha value is -1.36. The lowest BCUT2D eigenvalue weighted by Crippen LogP contribution is -2.68. The van der Waals surface area contributed by atoms with Crippen LogP contribution in [0.1, 0.15) is 106 Å². The molecule has 5 saturated carbocycles. The largest absolute Gasteiger partial charge is 0.469 e. The Bertz CT molecular complexity index is 1000. The van der Waals surface area contributed by atoms with Crippen LogP contribution in [0.25, 0.3) is 0 Å². The third kappa shape index (κ3) is 3.45. The molecule has 5 fully saturated rings. The lowest BCUT2D eigenvalue weighted by molar-refractivity contribution is -0.263. The number of carbonyl (C=O) groups excluding carboxylic acids is 2. The van der Waals surface area contributed by atoms with Crippen LogP contribution in [0.5, 0.6) is 0 Å². The van der Waals surface area contributed by atoms with E-state index in [0.717, 1.165) is 64.2 Å². The Balaban J connectivity index is 1.55.